The van der Waals surface area contributed by atoms with Gasteiger partial charge in [-0.15, -0.1) is 0 Å². The zero-order chi connectivity index (χ0) is 24.0. The highest BCUT2D eigenvalue weighted by Crippen LogP contribution is 2.13. The van der Waals surface area contributed by atoms with Gasteiger partial charge in [0.15, 0.2) is 0 Å². The van der Waals surface area contributed by atoms with Crippen LogP contribution in [0.15, 0.2) is 24.3 Å². The fraction of sp³-hybridized carbons (Fsp3) is 0.714. The van der Waals surface area contributed by atoms with Gasteiger partial charge in [-0.25, -0.2) is 4.39 Å². The summed E-state index contributed by atoms with van der Waals surface area (Å²) < 4.78 is 23.4. The minimum Gasteiger partial charge on any atom is -0.466 e. The van der Waals surface area contributed by atoms with Crippen LogP contribution in [-0.4, -0.2) is 18.5 Å². The molecule has 188 valence electrons. The summed E-state index contributed by atoms with van der Waals surface area (Å²) in [5, 5.41) is 0. The molecule has 0 atom stereocenters. The summed E-state index contributed by atoms with van der Waals surface area (Å²) in [5.41, 5.74) is 0.607. The minimum atomic E-state index is -0.390. The van der Waals surface area contributed by atoms with Crippen molar-refractivity contribution < 1.29 is 23.5 Å². The molecule has 0 saturated heterocycles. The topological polar surface area (TPSA) is 52.6 Å². The Balaban J connectivity index is 1.83. The molecule has 0 spiro atoms. The Morgan fingerprint density at radius 2 is 1.21 bits per heavy atom. The maximum absolute atomic E-state index is 13.1. The van der Waals surface area contributed by atoms with E-state index < -0.39 is 0 Å². The summed E-state index contributed by atoms with van der Waals surface area (Å²) >= 11 is 0. The first kappa shape index (κ1) is 29.1. The molecule has 1 aromatic rings. The van der Waals surface area contributed by atoms with Crippen LogP contribution < -0.4 is 0 Å². The second kappa shape index (κ2) is 20.7. The van der Waals surface area contributed by atoms with Crippen LogP contribution in [0.5, 0.6) is 0 Å². The van der Waals surface area contributed by atoms with E-state index in [0.717, 1.165) is 12.8 Å². The monoisotopic (exact) mass is 464 g/mol. The number of rotatable bonds is 21. The van der Waals surface area contributed by atoms with Gasteiger partial charge in [-0.05, 0) is 30.5 Å². The molecule has 0 bridgehead atoms. The Kier molecular flexibility index (Phi) is 18.2. The van der Waals surface area contributed by atoms with Crippen molar-refractivity contribution in [2.24, 2.45) is 0 Å². The van der Waals surface area contributed by atoms with Gasteiger partial charge in [0.25, 0.3) is 0 Å². The lowest BCUT2D eigenvalue weighted by molar-refractivity contribution is -0.146. The van der Waals surface area contributed by atoms with E-state index in [1.54, 1.807) is 12.1 Å². The average Bonchev–Trinajstić information content (AvgIpc) is 2.80. The number of halogens is 1. The Morgan fingerprint density at radius 1 is 0.697 bits per heavy atom. The molecule has 0 N–H and O–H groups in total. The SMILES string of the molecule is CCCCCCCCCCCCCCCCOC(=O)CCCC(=O)OCc1cccc(F)c1. The Morgan fingerprint density at radius 3 is 1.76 bits per heavy atom. The average molecular weight is 465 g/mol. The van der Waals surface area contributed by atoms with Gasteiger partial charge >= 0.3 is 11.9 Å². The van der Waals surface area contributed by atoms with Crippen molar-refractivity contribution >= 4 is 11.9 Å². The first-order valence-electron chi connectivity index (χ1n) is 13.2. The molecule has 4 nitrogen and oxygen atoms in total. The Hall–Kier alpha value is -1.91. The third kappa shape index (κ3) is 18.2. The maximum Gasteiger partial charge on any atom is 0.306 e. The Labute approximate surface area is 200 Å². The van der Waals surface area contributed by atoms with Crippen molar-refractivity contribution in [3.8, 4) is 0 Å². The number of benzene rings is 1. The third-order valence-electron chi connectivity index (χ3n) is 5.81. The highest BCUT2D eigenvalue weighted by atomic mass is 19.1. The number of unbranched alkanes of at least 4 members (excludes halogenated alkanes) is 13. The highest BCUT2D eigenvalue weighted by Gasteiger charge is 2.08. The first-order valence-corrected chi connectivity index (χ1v) is 13.2. The molecule has 0 aliphatic rings. The molecule has 1 aromatic carbocycles. The van der Waals surface area contributed by atoms with E-state index in [4.69, 9.17) is 9.47 Å². The molecule has 0 amide bonds. The fourth-order valence-electron chi connectivity index (χ4n) is 3.79. The van der Waals surface area contributed by atoms with E-state index in [1.807, 2.05) is 0 Å². The summed E-state index contributed by atoms with van der Waals surface area (Å²) in [6.07, 6.45) is 18.9. The summed E-state index contributed by atoms with van der Waals surface area (Å²) in [4.78, 5) is 23.5. The van der Waals surface area contributed by atoms with Gasteiger partial charge in [-0.3, -0.25) is 9.59 Å². The number of carbonyl (C=O) groups is 2. The van der Waals surface area contributed by atoms with E-state index >= 15 is 0 Å². The smallest absolute Gasteiger partial charge is 0.306 e. The molecule has 0 aromatic heterocycles. The highest BCUT2D eigenvalue weighted by molar-refractivity contribution is 5.72. The van der Waals surface area contributed by atoms with Crippen molar-refractivity contribution in [3.05, 3.63) is 35.6 Å². The molecular formula is C28H45FO4. The number of carbonyl (C=O) groups excluding carboxylic acids is 2. The zero-order valence-corrected chi connectivity index (χ0v) is 20.8. The number of esters is 2. The first-order chi connectivity index (χ1) is 16.1. The van der Waals surface area contributed by atoms with Gasteiger partial charge in [0.1, 0.15) is 12.4 Å². The second-order valence-corrected chi connectivity index (χ2v) is 8.96. The van der Waals surface area contributed by atoms with Crippen LogP contribution in [0, 0.1) is 5.82 Å². The van der Waals surface area contributed by atoms with Gasteiger partial charge in [0.05, 0.1) is 6.61 Å². The van der Waals surface area contributed by atoms with E-state index in [2.05, 4.69) is 6.92 Å². The summed E-state index contributed by atoms with van der Waals surface area (Å²) in [6, 6.07) is 5.95. The zero-order valence-electron chi connectivity index (χ0n) is 20.8. The molecule has 0 aliphatic heterocycles. The van der Waals surface area contributed by atoms with E-state index in [0.29, 0.717) is 18.6 Å². The lowest BCUT2D eigenvalue weighted by Crippen LogP contribution is -2.09. The maximum atomic E-state index is 13.1. The molecule has 5 heteroatoms. The van der Waals surface area contributed by atoms with Crippen LogP contribution in [-0.2, 0) is 25.7 Å². The standard InChI is InChI=1S/C28H45FO4/c1-2-3-4-5-6-7-8-9-10-11-12-13-14-15-22-32-27(30)20-17-21-28(31)33-24-25-18-16-19-26(29)23-25/h16,18-19,23H,2-15,17,20-22,24H2,1H3. The van der Waals surface area contributed by atoms with Crippen molar-refractivity contribution in [3.63, 3.8) is 0 Å². The number of ether oxygens (including phenoxy) is 2. The van der Waals surface area contributed by atoms with Crippen LogP contribution in [0.1, 0.15) is 122 Å². The van der Waals surface area contributed by atoms with Crippen molar-refractivity contribution in [1.82, 2.24) is 0 Å². The normalized spacial score (nSPS) is 10.8. The van der Waals surface area contributed by atoms with Gasteiger partial charge < -0.3 is 9.47 Å². The van der Waals surface area contributed by atoms with Crippen molar-refractivity contribution in [1.29, 1.82) is 0 Å². The lowest BCUT2D eigenvalue weighted by atomic mass is 10.0. The van der Waals surface area contributed by atoms with Gasteiger partial charge in [-0.1, -0.05) is 103 Å². The Bertz CT molecular complexity index is 632. The molecule has 0 radical (unpaired) electrons. The largest absolute Gasteiger partial charge is 0.466 e. The third-order valence-corrected chi connectivity index (χ3v) is 5.81. The molecule has 0 fully saturated rings. The van der Waals surface area contributed by atoms with Crippen LogP contribution in [0.2, 0.25) is 0 Å². The van der Waals surface area contributed by atoms with Crippen LogP contribution in [0.3, 0.4) is 0 Å². The summed E-state index contributed by atoms with van der Waals surface area (Å²) in [7, 11) is 0. The molecule has 0 heterocycles. The van der Waals surface area contributed by atoms with E-state index in [1.165, 1.54) is 89.2 Å². The lowest BCUT2D eigenvalue weighted by Gasteiger charge is -2.06. The minimum absolute atomic E-state index is 0.0418. The molecule has 0 saturated carbocycles. The van der Waals surface area contributed by atoms with Crippen LogP contribution in [0.25, 0.3) is 0 Å². The van der Waals surface area contributed by atoms with Crippen LogP contribution >= 0.6 is 0 Å². The van der Waals surface area contributed by atoms with E-state index in [9.17, 15) is 14.0 Å². The summed E-state index contributed by atoms with van der Waals surface area (Å²) in [6.45, 7) is 2.76. The predicted molar refractivity (Wildman–Crippen MR) is 131 cm³/mol. The molecular weight excluding hydrogens is 419 g/mol. The van der Waals surface area contributed by atoms with Gasteiger partial charge in [0, 0.05) is 12.8 Å². The molecule has 1 rings (SSSR count). The fourth-order valence-corrected chi connectivity index (χ4v) is 3.79. The summed E-state index contributed by atoms with van der Waals surface area (Å²) in [5.74, 6) is -1.01. The number of hydrogen-bond donors (Lipinski definition) is 0. The molecule has 0 aliphatic carbocycles. The van der Waals surface area contributed by atoms with Crippen LogP contribution in [0.4, 0.5) is 4.39 Å². The van der Waals surface area contributed by atoms with E-state index in [-0.39, 0.29) is 37.2 Å². The quantitative estimate of drug-likeness (QED) is 0.136. The van der Waals surface area contributed by atoms with Crippen molar-refractivity contribution in [2.45, 2.75) is 123 Å². The number of hydrogen-bond acceptors (Lipinski definition) is 4. The van der Waals surface area contributed by atoms with Gasteiger partial charge in [-0.2, -0.15) is 0 Å². The molecule has 33 heavy (non-hydrogen) atoms. The second-order valence-electron chi connectivity index (χ2n) is 8.96. The molecule has 0 unspecified atom stereocenters. The van der Waals surface area contributed by atoms with Crippen molar-refractivity contribution in [2.75, 3.05) is 6.61 Å². The predicted octanol–water partition coefficient (Wildman–Crippen LogP) is 8.06. The van der Waals surface area contributed by atoms with Gasteiger partial charge in [0.2, 0.25) is 0 Å².